The molecule has 2 rings (SSSR count). The van der Waals surface area contributed by atoms with Gasteiger partial charge in [0.05, 0.1) is 5.88 Å². The predicted molar refractivity (Wildman–Crippen MR) is 75.6 cm³/mol. The van der Waals surface area contributed by atoms with E-state index in [2.05, 4.69) is 25.3 Å². The number of carbonyl (C=O) groups excluding carboxylic acids is 1. The monoisotopic (exact) mass is 267 g/mol. The van der Waals surface area contributed by atoms with Gasteiger partial charge >= 0.3 is 0 Å². The Balaban J connectivity index is 2.46. The summed E-state index contributed by atoms with van der Waals surface area (Å²) < 4.78 is 2.35. The molecule has 1 aliphatic rings. The number of aryl methyl sites for hydroxylation is 1. The lowest BCUT2D eigenvalue weighted by molar-refractivity contribution is 0.102. The lowest BCUT2D eigenvalue weighted by atomic mass is 9.87. The fourth-order valence-electron chi connectivity index (χ4n) is 3.40. The van der Waals surface area contributed by atoms with Crippen molar-refractivity contribution in [2.45, 2.75) is 53.0 Å². The van der Waals surface area contributed by atoms with Gasteiger partial charge in [0.2, 0.25) is 0 Å². The van der Waals surface area contributed by atoms with Gasteiger partial charge in [-0.3, -0.25) is 4.79 Å². The summed E-state index contributed by atoms with van der Waals surface area (Å²) in [6, 6.07) is 2.50. The lowest BCUT2D eigenvalue weighted by Gasteiger charge is -2.31. The molecule has 0 saturated heterocycles. The highest BCUT2D eigenvalue weighted by molar-refractivity contribution is 6.30. The molecule has 0 radical (unpaired) electrons. The number of carbonyl (C=O) groups is 1. The third-order valence-electron chi connectivity index (χ3n) is 4.42. The van der Waals surface area contributed by atoms with Gasteiger partial charge in [0, 0.05) is 23.0 Å². The Bertz CT molecular complexity index is 473. The number of Topliss-reactive ketones (excluding diaryl/α,β-unsaturated/α-hetero) is 1. The van der Waals surface area contributed by atoms with Crippen LogP contribution in [0.5, 0.6) is 0 Å². The summed E-state index contributed by atoms with van der Waals surface area (Å²) in [6.45, 7) is 8.78. The van der Waals surface area contributed by atoms with E-state index in [0.29, 0.717) is 11.5 Å². The van der Waals surface area contributed by atoms with Crippen molar-refractivity contribution in [2.75, 3.05) is 5.88 Å². The van der Waals surface area contributed by atoms with E-state index in [1.807, 2.05) is 13.0 Å². The van der Waals surface area contributed by atoms with Crippen molar-refractivity contribution < 1.29 is 4.79 Å². The molecule has 1 aromatic heterocycles. The van der Waals surface area contributed by atoms with Crippen molar-refractivity contribution in [2.24, 2.45) is 5.41 Å². The number of hydrogen-bond donors (Lipinski definition) is 0. The summed E-state index contributed by atoms with van der Waals surface area (Å²) in [5.41, 5.74) is 3.37. The van der Waals surface area contributed by atoms with Crippen molar-refractivity contribution in [3.05, 3.63) is 23.0 Å². The van der Waals surface area contributed by atoms with Crippen LogP contribution < -0.4 is 0 Å². The molecule has 0 N–H and O–H groups in total. The standard InChI is InChI=1S/C15H22ClNO/c1-10-8-12(13(18)9-16)11(2)17(10)14-6-5-7-15(14,3)4/h8,14H,5-7,9H2,1-4H3. The fourth-order valence-corrected chi connectivity index (χ4v) is 3.54. The third kappa shape index (κ3) is 2.11. The minimum absolute atomic E-state index is 0.0341. The van der Waals surface area contributed by atoms with E-state index in [1.54, 1.807) is 0 Å². The quantitative estimate of drug-likeness (QED) is 0.592. The maximum absolute atomic E-state index is 11.8. The van der Waals surface area contributed by atoms with Crippen LogP contribution >= 0.6 is 11.6 Å². The van der Waals surface area contributed by atoms with Gasteiger partial charge in [0.15, 0.2) is 5.78 Å². The number of halogens is 1. The Labute approximate surface area is 114 Å². The lowest BCUT2D eigenvalue weighted by Crippen LogP contribution is -2.23. The fraction of sp³-hybridized carbons (Fsp3) is 0.667. The minimum atomic E-state index is 0.0341. The van der Waals surface area contributed by atoms with Crippen LogP contribution in [-0.4, -0.2) is 16.2 Å². The zero-order chi connectivity index (χ0) is 13.5. The van der Waals surface area contributed by atoms with Gasteiger partial charge in [-0.2, -0.15) is 0 Å². The first-order valence-electron chi connectivity index (χ1n) is 6.66. The molecule has 1 fully saturated rings. The van der Waals surface area contributed by atoms with Crippen molar-refractivity contribution in [3.63, 3.8) is 0 Å². The second kappa shape index (κ2) is 4.73. The van der Waals surface area contributed by atoms with Crippen LogP contribution in [0.1, 0.15) is 60.9 Å². The highest BCUT2D eigenvalue weighted by Gasteiger charge is 2.37. The van der Waals surface area contributed by atoms with Crippen molar-refractivity contribution >= 4 is 17.4 Å². The molecule has 1 unspecified atom stereocenters. The van der Waals surface area contributed by atoms with Gasteiger partial charge in [-0.1, -0.05) is 20.3 Å². The summed E-state index contributed by atoms with van der Waals surface area (Å²) >= 11 is 5.68. The molecule has 0 amide bonds. The Morgan fingerprint density at radius 3 is 2.67 bits per heavy atom. The smallest absolute Gasteiger partial charge is 0.179 e. The van der Waals surface area contributed by atoms with Crippen LogP contribution in [0.25, 0.3) is 0 Å². The molecule has 1 aliphatic carbocycles. The molecule has 0 bridgehead atoms. The first kappa shape index (κ1) is 13.7. The summed E-state index contributed by atoms with van der Waals surface area (Å²) in [5.74, 6) is 0.102. The van der Waals surface area contributed by atoms with Gasteiger partial charge in [0.1, 0.15) is 0 Å². The average molecular weight is 268 g/mol. The van der Waals surface area contributed by atoms with Gasteiger partial charge in [-0.15, -0.1) is 11.6 Å². The molecule has 100 valence electrons. The van der Waals surface area contributed by atoms with E-state index >= 15 is 0 Å². The first-order chi connectivity index (χ1) is 8.38. The zero-order valence-electron chi connectivity index (χ0n) is 11.7. The molecule has 18 heavy (non-hydrogen) atoms. The van der Waals surface area contributed by atoms with E-state index < -0.39 is 0 Å². The maximum Gasteiger partial charge on any atom is 0.179 e. The summed E-state index contributed by atoms with van der Waals surface area (Å²) in [7, 11) is 0. The highest BCUT2D eigenvalue weighted by atomic mass is 35.5. The van der Waals surface area contributed by atoms with E-state index in [9.17, 15) is 4.79 Å². The van der Waals surface area contributed by atoms with Gasteiger partial charge in [-0.05, 0) is 38.2 Å². The van der Waals surface area contributed by atoms with Crippen LogP contribution in [0.15, 0.2) is 6.07 Å². The van der Waals surface area contributed by atoms with Crippen LogP contribution in [-0.2, 0) is 0 Å². The predicted octanol–water partition coefficient (Wildman–Crippen LogP) is 4.28. The summed E-state index contributed by atoms with van der Waals surface area (Å²) in [5, 5.41) is 0. The normalized spacial score (nSPS) is 22.4. The molecule has 1 saturated carbocycles. The Morgan fingerprint density at radius 2 is 2.17 bits per heavy atom. The molecule has 1 atom stereocenters. The van der Waals surface area contributed by atoms with Gasteiger partial charge in [-0.25, -0.2) is 0 Å². The van der Waals surface area contributed by atoms with Crippen LogP contribution in [0, 0.1) is 19.3 Å². The molecular formula is C15H22ClNO. The maximum atomic E-state index is 11.8. The van der Waals surface area contributed by atoms with E-state index in [4.69, 9.17) is 11.6 Å². The highest BCUT2D eigenvalue weighted by Crippen LogP contribution is 2.47. The number of nitrogens with zero attached hydrogens (tertiary/aromatic N) is 1. The molecule has 1 heterocycles. The number of aromatic nitrogens is 1. The Morgan fingerprint density at radius 1 is 1.50 bits per heavy atom. The molecule has 1 aromatic rings. The molecule has 0 spiro atoms. The number of alkyl halides is 1. The summed E-state index contributed by atoms with van der Waals surface area (Å²) in [4.78, 5) is 11.8. The Hall–Kier alpha value is -0.760. The third-order valence-corrected chi connectivity index (χ3v) is 4.66. The van der Waals surface area contributed by atoms with Crippen LogP contribution in [0.4, 0.5) is 0 Å². The Kier molecular flexibility index (Phi) is 3.59. The van der Waals surface area contributed by atoms with Gasteiger partial charge in [0.25, 0.3) is 0 Å². The number of rotatable bonds is 3. The SMILES string of the molecule is Cc1cc(C(=O)CCl)c(C)n1C1CCCC1(C)C. The second-order valence-corrected chi connectivity index (χ2v) is 6.38. The van der Waals surface area contributed by atoms with Crippen LogP contribution in [0.3, 0.4) is 0 Å². The van der Waals surface area contributed by atoms with E-state index in [1.165, 1.54) is 25.0 Å². The zero-order valence-corrected chi connectivity index (χ0v) is 12.5. The minimum Gasteiger partial charge on any atom is -0.345 e. The molecular weight excluding hydrogens is 246 g/mol. The summed E-state index contributed by atoms with van der Waals surface area (Å²) in [6.07, 6.45) is 3.74. The first-order valence-corrected chi connectivity index (χ1v) is 7.19. The van der Waals surface area contributed by atoms with Crippen molar-refractivity contribution in [3.8, 4) is 0 Å². The van der Waals surface area contributed by atoms with Gasteiger partial charge < -0.3 is 4.57 Å². The van der Waals surface area contributed by atoms with E-state index in [-0.39, 0.29) is 11.7 Å². The average Bonchev–Trinajstić information content (AvgIpc) is 2.78. The number of hydrogen-bond acceptors (Lipinski definition) is 1. The largest absolute Gasteiger partial charge is 0.345 e. The van der Waals surface area contributed by atoms with Crippen molar-refractivity contribution in [1.82, 2.24) is 4.57 Å². The molecule has 0 aliphatic heterocycles. The number of ketones is 1. The molecule has 3 heteroatoms. The van der Waals surface area contributed by atoms with E-state index in [0.717, 1.165) is 11.3 Å². The van der Waals surface area contributed by atoms with Crippen molar-refractivity contribution in [1.29, 1.82) is 0 Å². The van der Waals surface area contributed by atoms with Crippen LogP contribution in [0.2, 0.25) is 0 Å². The second-order valence-electron chi connectivity index (χ2n) is 6.11. The topological polar surface area (TPSA) is 22.0 Å². The molecule has 2 nitrogen and oxygen atoms in total. The molecule has 0 aromatic carbocycles.